The zero-order chi connectivity index (χ0) is 19.0. The average Bonchev–Trinajstić information content (AvgIpc) is 3.01. The van der Waals surface area contributed by atoms with E-state index in [4.69, 9.17) is 9.47 Å². The summed E-state index contributed by atoms with van der Waals surface area (Å²) in [5.74, 6) is -0.309. The number of fused-ring (bicyclic) bond motifs is 1. The van der Waals surface area contributed by atoms with Crippen LogP contribution in [0.3, 0.4) is 0 Å². The Morgan fingerprint density at radius 2 is 2.07 bits per heavy atom. The van der Waals surface area contributed by atoms with Crippen LogP contribution in [0, 0.1) is 0 Å². The molecule has 2 saturated heterocycles. The maximum Gasteiger partial charge on any atom is 0.313 e. The number of aliphatic hydroxyl groups excluding tert-OH is 1. The lowest BCUT2D eigenvalue weighted by Crippen LogP contribution is -2.53. The van der Waals surface area contributed by atoms with Crippen molar-refractivity contribution in [1.82, 2.24) is 4.90 Å². The highest BCUT2D eigenvalue weighted by Crippen LogP contribution is 2.35. The zero-order valence-corrected chi connectivity index (χ0v) is 15.6. The van der Waals surface area contributed by atoms with Crippen molar-refractivity contribution in [2.75, 3.05) is 25.0 Å². The summed E-state index contributed by atoms with van der Waals surface area (Å²) in [6.45, 7) is 3.49. The van der Waals surface area contributed by atoms with E-state index >= 15 is 0 Å². The normalized spacial score (nSPS) is 26.4. The van der Waals surface area contributed by atoms with Crippen LogP contribution in [0.25, 0.3) is 0 Å². The predicted octanol–water partition coefficient (Wildman–Crippen LogP) is 1.48. The second-order valence-corrected chi connectivity index (χ2v) is 7.88. The van der Waals surface area contributed by atoms with Crippen LogP contribution in [0.1, 0.15) is 38.2 Å². The van der Waals surface area contributed by atoms with Crippen LogP contribution in [0.5, 0.6) is 5.75 Å². The van der Waals surface area contributed by atoms with E-state index in [-0.39, 0.29) is 17.8 Å². The lowest BCUT2D eigenvalue weighted by Gasteiger charge is -2.45. The summed E-state index contributed by atoms with van der Waals surface area (Å²) in [6, 6.07) is 5.45. The number of nitrogens with zero attached hydrogens (tertiary/aromatic N) is 1. The number of ether oxygens (including phenoxy) is 2. The summed E-state index contributed by atoms with van der Waals surface area (Å²) in [4.78, 5) is 26.5. The number of aliphatic hydroxyl groups is 1. The van der Waals surface area contributed by atoms with Crippen LogP contribution in [0.2, 0.25) is 0 Å². The van der Waals surface area contributed by atoms with Crippen molar-refractivity contribution in [3.63, 3.8) is 0 Å². The number of nitrogens with one attached hydrogen (secondary N) is 1. The van der Waals surface area contributed by atoms with E-state index in [0.717, 1.165) is 17.7 Å². The molecule has 2 fully saturated rings. The third kappa shape index (κ3) is 3.80. The molecule has 146 valence electrons. The lowest BCUT2D eigenvalue weighted by atomic mass is 9.83. The first kappa shape index (κ1) is 18.3. The fourth-order valence-electron chi connectivity index (χ4n) is 4.30. The Kier molecular flexibility index (Phi) is 4.82. The Labute approximate surface area is 158 Å². The van der Waals surface area contributed by atoms with Gasteiger partial charge < -0.3 is 24.8 Å². The molecule has 2 N–H and O–H groups in total. The van der Waals surface area contributed by atoms with Crippen molar-refractivity contribution in [2.45, 2.75) is 56.8 Å². The van der Waals surface area contributed by atoms with Crippen LogP contribution < -0.4 is 10.1 Å². The number of carbonyl (C=O) groups excluding carboxylic acids is 2. The topological polar surface area (TPSA) is 88.1 Å². The standard InChI is InChI=1S/C20H26N2O5/c1-13-10-14-11-15(2-3-17(14)27-13)21-18(24)19(25)22-7-5-20(6-8-22)12-16(23)4-9-26-20/h2-3,11,13,16,23H,4-10,12H2,1H3,(H,21,24). The zero-order valence-electron chi connectivity index (χ0n) is 15.6. The highest BCUT2D eigenvalue weighted by atomic mass is 16.5. The Bertz CT molecular complexity index is 742. The van der Waals surface area contributed by atoms with Crippen molar-refractivity contribution in [2.24, 2.45) is 0 Å². The van der Waals surface area contributed by atoms with E-state index in [2.05, 4.69) is 5.32 Å². The van der Waals surface area contributed by atoms with Gasteiger partial charge in [-0.25, -0.2) is 0 Å². The Morgan fingerprint density at radius 1 is 1.30 bits per heavy atom. The molecule has 3 heterocycles. The molecular formula is C20H26N2O5. The molecule has 2 atom stereocenters. The number of hydrogen-bond donors (Lipinski definition) is 2. The lowest BCUT2D eigenvalue weighted by molar-refractivity contribution is -0.157. The largest absolute Gasteiger partial charge is 0.490 e. The number of likely N-dealkylation sites (tertiary alicyclic amines) is 1. The number of piperidine rings is 1. The molecule has 2 unspecified atom stereocenters. The number of amides is 2. The summed E-state index contributed by atoms with van der Waals surface area (Å²) in [5.41, 5.74) is 1.30. The maximum atomic E-state index is 12.5. The number of anilines is 1. The Morgan fingerprint density at radius 3 is 2.81 bits per heavy atom. The fourth-order valence-corrected chi connectivity index (χ4v) is 4.30. The van der Waals surface area contributed by atoms with Gasteiger partial charge in [-0.3, -0.25) is 9.59 Å². The van der Waals surface area contributed by atoms with Crippen molar-refractivity contribution in [3.05, 3.63) is 23.8 Å². The molecule has 7 heteroatoms. The summed E-state index contributed by atoms with van der Waals surface area (Å²) >= 11 is 0. The molecule has 1 aromatic rings. The van der Waals surface area contributed by atoms with E-state index < -0.39 is 11.8 Å². The molecule has 7 nitrogen and oxygen atoms in total. The number of benzene rings is 1. The van der Waals surface area contributed by atoms with Gasteiger partial charge in [0.1, 0.15) is 11.9 Å². The molecule has 0 radical (unpaired) electrons. The SMILES string of the molecule is CC1Cc2cc(NC(=O)C(=O)N3CCC4(CC3)CC(O)CCO4)ccc2O1. The molecule has 4 rings (SSSR count). The van der Waals surface area contributed by atoms with E-state index in [0.29, 0.717) is 51.1 Å². The van der Waals surface area contributed by atoms with Gasteiger partial charge in [-0.15, -0.1) is 0 Å². The fraction of sp³-hybridized carbons (Fsp3) is 0.600. The van der Waals surface area contributed by atoms with Crippen LogP contribution in [-0.4, -0.2) is 59.3 Å². The molecule has 2 amide bonds. The summed E-state index contributed by atoms with van der Waals surface area (Å²) in [7, 11) is 0. The van der Waals surface area contributed by atoms with Gasteiger partial charge in [0.05, 0.1) is 11.7 Å². The number of rotatable bonds is 1. The molecule has 27 heavy (non-hydrogen) atoms. The second kappa shape index (κ2) is 7.13. The van der Waals surface area contributed by atoms with Crippen LogP contribution in [0.15, 0.2) is 18.2 Å². The minimum absolute atomic E-state index is 0.133. The van der Waals surface area contributed by atoms with E-state index in [9.17, 15) is 14.7 Å². The Hall–Kier alpha value is -2.12. The minimum atomic E-state index is -0.623. The van der Waals surface area contributed by atoms with Gasteiger partial charge in [0, 0.05) is 38.2 Å². The second-order valence-electron chi connectivity index (χ2n) is 7.88. The smallest absolute Gasteiger partial charge is 0.313 e. The third-order valence-corrected chi connectivity index (χ3v) is 5.78. The number of hydrogen-bond acceptors (Lipinski definition) is 5. The highest BCUT2D eigenvalue weighted by molar-refractivity contribution is 6.39. The summed E-state index contributed by atoms with van der Waals surface area (Å²) < 4.78 is 11.6. The predicted molar refractivity (Wildman–Crippen MR) is 98.6 cm³/mol. The molecule has 0 aliphatic carbocycles. The molecule has 0 aromatic heterocycles. The molecule has 1 spiro atoms. The van der Waals surface area contributed by atoms with Crippen molar-refractivity contribution in [3.8, 4) is 5.75 Å². The highest BCUT2D eigenvalue weighted by Gasteiger charge is 2.41. The van der Waals surface area contributed by atoms with Gasteiger partial charge in [-0.1, -0.05) is 0 Å². The van der Waals surface area contributed by atoms with Crippen LogP contribution in [-0.2, 0) is 20.7 Å². The average molecular weight is 374 g/mol. The number of carbonyl (C=O) groups is 2. The van der Waals surface area contributed by atoms with Gasteiger partial charge in [0.25, 0.3) is 0 Å². The molecule has 3 aliphatic rings. The van der Waals surface area contributed by atoms with Crippen molar-refractivity contribution in [1.29, 1.82) is 0 Å². The minimum Gasteiger partial charge on any atom is -0.490 e. The first-order valence-electron chi connectivity index (χ1n) is 9.66. The first-order chi connectivity index (χ1) is 12.9. The summed E-state index contributed by atoms with van der Waals surface area (Å²) in [6.07, 6.45) is 3.17. The molecule has 0 saturated carbocycles. The third-order valence-electron chi connectivity index (χ3n) is 5.78. The quantitative estimate of drug-likeness (QED) is 0.727. The van der Waals surface area contributed by atoms with Crippen molar-refractivity contribution >= 4 is 17.5 Å². The van der Waals surface area contributed by atoms with Gasteiger partial charge in [-0.05, 0) is 49.9 Å². The van der Waals surface area contributed by atoms with E-state index in [1.807, 2.05) is 19.1 Å². The van der Waals surface area contributed by atoms with Gasteiger partial charge >= 0.3 is 11.8 Å². The van der Waals surface area contributed by atoms with Gasteiger partial charge in [0.15, 0.2) is 0 Å². The Balaban J connectivity index is 1.34. The molecule has 0 bridgehead atoms. The summed E-state index contributed by atoms with van der Waals surface area (Å²) in [5, 5.41) is 12.6. The first-order valence-corrected chi connectivity index (χ1v) is 9.66. The van der Waals surface area contributed by atoms with Gasteiger partial charge in [0.2, 0.25) is 0 Å². The molecule has 3 aliphatic heterocycles. The van der Waals surface area contributed by atoms with E-state index in [1.54, 1.807) is 11.0 Å². The monoisotopic (exact) mass is 374 g/mol. The van der Waals surface area contributed by atoms with Gasteiger partial charge in [-0.2, -0.15) is 0 Å². The molecule has 1 aromatic carbocycles. The van der Waals surface area contributed by atoms with E-state index in [1.165, 1.54) is 0 Å². The molecular weight excluding hydrogens is 348 g/mol. The van der Waals surface area contributed by atoms with Crippen molar-refractivity contribution < 1.29 is 24.2 Å². The maximum absolute atomic E-state index is 12.5. The van der Waals surface area contributed by atoms with Crippen LogP contribution in [0.4, 0.5) is 5.69 Å². The van der Waals surface area contributed by atoms with Crippen LogP contribution >= 0.6 is 0 Å².